The van der Waals surface area contributed by atoms with Crippen molar-refractivity contribution in [2.24, 2.45) is 5.10 Å². The molecule has 0 saturated heterocycles. The lowest BCUT2D eigenvalue weighted by Crippen LogP contribution is -2.39. The standard InChI is InChI=1S/C24H27ClN4O3S/c1-5-19-10-12-21(13-11-19)28(33(4,31)32)16-24(30)27-26-15-20-14-17(2)29(18(20)3)23-9-7-6-8-22(23)25/h6-15H,5,16H2,1-4H3,(H,27,30)/b26-15-. The monoisotopic (exact) mass is 486 g/mol. The summed E-state index contributed by atoms with van der Waals surface area (Å²) in [4.78, 5) is 12.5. The molecule has 7 nitrogen and oxygen atoms in total. The van der Waals surface area contributed by atoms with Crippen LogP contribution in [0.1, 0.15) is 29.4 Å². The van der Waals surface area contributed by atoms with E-state index in [1.165, 1.54) is 6.21 Å². The van der Waals surface area contributed by atoms with Gasteiger partial charge in [0, 0.05) is 17.0 Å². The van der Waals surface area contributed by atoms with Crippen molar-refractivity contribution in [2.45, 2.75) is 27.2 Å². The maximum atomic E-state index is 12.5. The molecule has 0 atom stereocenters. The second kappa shape index (κ2) is 10.2. The van der Waals surface area contributed by atoms with Gasteiger partial charge in [-0.1, -0.05) is 42.8 Å². The maximum absolute atomic E-state index is 12.5. The van der Waals surface area contributed by atoms with Gasteiger partial charge in [-0.2, -0.15) is 5.10 Å². The number of halogens is 1. The Kier molecular flexibility index (Phi) is 7.61. The van der Waals surface area contributed by atoms with E-state index in [1.807, 2.05) is 67.8 Å². The first-order chi connectivity index (χ1) is 15.6. The van der Waals surface area contributed by atoms with Crippen LogP contribution in [0.3, 0.4) is 0 Å². The van der Waals surface area contributed by atoms with Gasteiger partial charge in [0.15, 0.2) is 0 Å². The minimum Gasteiger partial charge on any atom is -0.316 e. The number of hydrogen-bond acceptors (Lipinski definition) is 4. The van der Waals surface area contributed by atoms with Crippen LogP contribution in [0.15, 0.2) is 59.7 Å². The summed E-state index contributed by atoms with van der Waals surface area (Å²) >= 11 is 6.35. The van der Waals surface area contributed by atoms with Crippen LogP contribution < -0.4 is 9.73 Å². The first-order valence-corrected chi connectivity index (χ1v) is 12.7. The van der Waals surface area contributed by atoms with Gasteiger partial charge in [-0.3, -0.25) is 9.10 Å². The van der Waals surface area contributed by atoms with Crippen LogP contribution in [0, 0.1) is 13.8 Å². The number of para-hydroxylation sites is 1. The highest BCUT2D eigenvalue weighted by Crippen LogP contribution is 2.25. The molecule has 0 aliphatic heterocycles. The molecule has 1 N–H and O–H groups in total. The molecule has 0 aliphatic carbocycles. The SMILES string of the molecule is CCc1ccc(N(CC(=O)N/N=C\c2cc(C)n(-c3ccccc3Cl)c2C)S(C)(=O)=O)cc1. The Morgan fingerprint density at radius 3 is 2.42 bits per heavy atom. The van der Waals surface area contributed by atoms with Crippen molar-refractivity contribution >= 4 is 39.4 Å². The van der Waals surface area contributed by atoms with Crippen LogP contribution in [0.2, 0.25) is 5.02 Å². The molecule has 1 heterocycles. The van der Waals surface area contributed by atoms with E-state index in [1.54, 1.807) is 12.1 Å². The van der Waals surface area contributed by atoms with Gasteiger partial charge in [0.05, 0.1) is 28.9 Å². The molecule has 0 spiro atoms. The summed E-state index contributed by atoms with van der Waals surface area (Å²) in [5.74, 6) is -0.545. The zero-order chi connectivity index (χ0) is 24.2. The smallest absolute Gasteiger partial charge is 0.260 e. The first kappa shape index (κ1) is 24.5. The van der Waals surface area contributed by atoms with Crippen molar-refractivity contribution in [3.63, 3.8) is 0 Å². The van der Waals surface area contributed by atoms with Crippen LogP contribution >= 0.6 is 11.6 Å². The third-order valence-corrected chi connectivity index (χ3v) is 6.74. The molecule has 0 unspecified atom stereocenters. The topological polar surface area (TPSA) is 83.8 Å². The third-order valence-electron chi connectivity index (χ3n) is 5.28. The number of amides is 1. The molecule has 0 bridgehead atoms. The lowest BCUT2D eigenvalue weighted by Gasteiger charge is -2.21. The van der Waals surface area contributed by atoms with Crippen LogP contribution in [-0.4, -0.2) is 37.9 Å². The maximum Gasteiger partial charge on any atom is 0.260 e. The molecule has 9 heteroatoms. The second-order valence-corrected chi connectivity index (χ2v) is 10.0. The summed E-state index contributed by atoms with van der Waals surface area (Å²) in [5, 5.41) is 4.67. The normalized spacial score (nSPS) is 11.7. The van der Waals surface area contributed by atoms with Crippen LogP contribution in [0.5, 0.6) is 0 Å². The molecule has 1 aromatic heterocycles. The fraction of sp³-hybridized carbons (Fsp3) is 0.250. The van der Waals surface area contributed by atoms with Gasteiger partial charge in [-0.15, -0.1) is 0 Å². The van der Waals surface area contributed by atoms with Crippen molar-refractivity contribution in [1.29, 1.82) is 0 Å². The van der Waals surface area contributed by atoms with E-state index in [2.05, 4.69) is 10.5 Å². The number of aromatic nitrogens is 1. The lowest BCUT2D eigenvalue weighted by atomic mass is 10.1. The molecule has 0 aliphatic rings. The number of carbonyl (C=O) groups excluding carboxylic acids is 1. The number of benzene rings is 2. The second-order valence-electron chi connectivity index (χ2n) is 7.70. The number of hydrogen-bond donors (Lipinski definition) is 1. The molecule has 2 aromatic carbocycles. The van der Waals surface area contributed by atoms with Crippen LogP contribution in [0.25, 0.3) is 5.69 Å². The van der Waals surface area contributed by atoms with Crippen LogP contribution in [-0.2, 0) is 21.2 Å². The van der Waals surface area contributed by atoms with Gasteiger partial charge in [-0.25, -0.2) is 13.8 Å². The predicted molar refractivity (Wildman–Crippen MR) is 134 cm³/mol. The molecule has 0 saturated carbocycles. The van der Waals surface area contributed by atoms with E-state index in [-0.39, 0.29) is 6.54 Å². The Morgan fingerprint density at radius 1 is 1.15 bits per heavy atom. The Labute approximate surface area is 199 Å². The Morgan fingerprint density at radius 2 is 1.82 bits per heavy atom. The van der Waals surface area contributed by atoms with E-state index in [0.717, 1.165) is 45.2 Å². The van der Waals surface area contributed by atoms with Crippen LogP contribution in [0.4, 0.5) is 5.69 Å². The number of nitrogens with zero attached hydrogens (tertiary/aromatic N) is 3. The summed E-state index contributed by atoms with van der Waals surface area (Å²) in [6.45, 7) is 5.53. The Bertz CT molecular complexity index is 1280. The van der Waals surface area contributed by atoms with Gasteiger partial charge >= 0.3 is 0 Å². The lowest BCUT2D eigenvalue weighted by molar-refractivity contribution is -0.119. The number of anilines is 1. The summed E-state index contributed by atoms with van der Waals surface area (Å²) in [6, 6.07) is 16.6. The quantitative estimate of drug-likeness (QED) is 0.382. The highest BCUT2D eigenvalue weighted by atomic mass is 35.5. The van der Waals surface area contributed by atoms with E-state index in [0.29, 0.717) is 10.7 Å². The highest BCUT2D eigenvalue weighted by molar-refractivity contribution is 7.92. The van der Waals surface area contributed by atoms with E-state index in [4.69, 9.17) is 11.6 Å². The molecular formula is C24H27ClN4O3S. The Hall–Kier alpha value is -3.10. The number of sulfonamides is 1. The molecule has 174 valence electrons. The summed E-state index contributed by atoms with van der Waals surface area (Å²) < 4.78 is 27.6. The average Bonchev–Trinajstić information content (AvgIpc) is 3.05. The molecule has 3 aromatic rings. The molecular weight excluding hydrogens is 460 g/mol. The summed E-state index contributed by atoms with van der Waals surface area (Å²) in [5.41, 5.74) is 7.47. The predicted octanol–water partition coefficient (Wildman–Crippen LogP) is 4.23. The number of aryl methyl sites for hydroxylation is 2. The minimum absolute atomic E-state index is 0.375. The molecule has 3 rings (SSSR count). The van der Waals surface area contributed by atoms with Gasteiger partial charge in [0.25, 0.3) is 5.91 Å². The third kappa shape index (κ3) is 5.83. The molecule has 1 amide bonds. The van der Waals surface area contributed by atoms with Gasteiger partial charge < -0.3 is 4.57 Å². The van der Waals surface area contributed by atoms with Crippen molar-refractivity contribution in [1.82, 2.24) is 9.99 Å². The minimum atomic E-state index is -3.65. The zero-order valence-corrected chi connectivity index (χ0v) is 20.6. The fourth-order valence-corrected chi connectivity index (χ4v) is 4.64. The van der Waals surface area contributed by atoms with Crippen molar-refractivity contribution < 1.29 is 13.2 Å². The zero-order valence-electron chi connectivity index (χ0n) is 19.0. The molecule has 33 heavy (non-hydrogen) atoms. The van der Waals surface area contributed by atoms with E-state index in [9.17, 15) is 13.2 Å². The van der Waals surface area contributed by atoms with E-state index >= 15 is 0 Å². The van der Waals surface area contributed by atoms with Crippen molar-refractivity contribution in [3.05, 3.63) is 82.1 Å². The Balaban J connectivity index is 1.74. The summed E-state index contributed by atoms with van der Waals surface area (Å²) in [7, 11) is -3.65. The number of rotatable bonds is 8. The van der Waals surface area contributed by atoms with Crippen molar-refractivity contribution in [3.8, 4) is 5.69 Å². The largest absolute Gasteiger partial charge is 0.316 e. The molecule has 0 fully saturated rings. The number of nitrogens with one attached hydrogen (secondary N) is 1. The fourth-order valence-electron chi connectivity index (χ4n) is 3.56. The van der Waals surface area contributed by atoms with E-state index < -0.39 is 15.9 Å². The molecule has 0 radical (unpaired) electrons. The highest BCUT2D eigenvalue weighted by Gasteiger charge is 2.20. The van der Waals surface area contributed by atoms with Gasteiger partial charge in [-0.05, 0) is 56.2 Å². The van der Waals surface area contributed by atoms with Gasteiger partial charge in [0.2, 0.25) is 10.0 Å². The number of carbonyl (C=O) groups is 1. The van der Waals surface area contributed by atoms with Crippen molar-refractivity contribution in [2.75, 3.05) is 17.1 Å². The summed E-state index contributed by atoms with van der Waals surface area (Å²) in [6.07, 6.45) is 3.45. The van der Waals surface area contributed by atoms with Gasteiger partial charge in [0.1, 0.15) is 6.54 Å². The average molecular weight is 487 g/mol. The first-order valence-electron chi connectivity index (χ1n) is 10.4. The number of hydrazone groups is 1.